The Labute approximate surface area is 149 Å². The Kier molecular flexibility index (Phi) is 5.95. The first kappa shape index (κ1) is 19.2. The molecule has 4 nitrogen and oxygen atoms in total. The first-order chi connectivity index (χ1) is 11.1. The Morgan fingerprint density at radius 2 is 1.88 bits per heavy atom. The molecule has 1 aliphatic rings. The first-order valence-corrected chi connectivity index (χ1v) is 8.77. The molecule has 0 N–H and O–H groups in total. The fourth-order valence-electron chi connectivity index (χ4n) is 2.78. The molecule has 0 bridgehead atoms. The van der Waals surface area contributed by atoms with Crippen LogP contribution >= 0.6 is 11.6 Å². The zero-order valence-electron chi connectivity index (χ0n) is 15.0. The number of carbonyl (C=O) groups excluding carboxylic acids is 1. The second-order valence-corrected chi connectivity index (χ2v) is 8.07. The summed E-state index contributed by atoms with van der Waals surface area (Å²) in [5, 5.41) is -0.897. The average molecular weight is 355 g/mol. The van der Waals surface area contributed by atoms with E-state index >= 15 is 0 Å². The molecule has 1 aliphatic heterocycles. The van der Waals surface area contributed by atoms with Crippen molar-refractivity contribution in [3.05, 3.63) is 35.9 Å². The quantitative estimate of drug-likeness (QED) is 0.590. The molecular weight excluding hydrogens is 328 g/mol. The van der Waals surface area contributed by atoms with Crippen LogP contribution in [0.5, 0.6) is 0 Å². The Morgan fingerprint density at radius 1 is 1.25 bits per heavy atom. The lowest BCUT2D eigenvalue weighted by atomic mass is 10.0. The average Bonchev–Trinajstić information content (AvgIpc) is 2.78. The SMILES string of the molecule is CC(C)(C)OC(=O)[C@@H](Cl)[C@@H]1OC(C)(C)O[C@@H]1CCc1ccccc1. The molecule has 24 heavy (non-hydrogen) atoms. The molecule has 1 aromatic rings. The van der Waals surface area contributed by atoms with Crippen LogP contribution in [-0.2, 0) is 25.4 Å². The molecule has 0 spiro atoms. The summed E-state index contributed by atoms with van der Waals surface area (Å²) in [4.78, 5) is 12.3. The van der Waals surface area contributed by atoms with Crippen molar-refractivity contribution in [3.63, 3.8) is 0 Å². The molecule has 3 atom stereocenters. The maximum Gasteiger partial charge on any atom is 0.327 e. The minimum Gasteiger partial charge on any atom is -0.459 e. The molecule has 0 amide bonds. The fourth-order valence-corrected chi connectivity index (χ4v) is 3.04. The van der Waals surface area contributed by atoms with Crippen LogP contribution in [0.1, 0.15) is 46.6 Å². The monoisotopic (exact) mass is 354 g/mol. The molecule has 134 valence electrons. The van der Waals surface area contributed by atoms with Crippen LogP contribution in [0.3, 0.4) is 0 Å². The summed E-state index contributed by atoms with van der Waals surface area (Å²) in [5.74, 6) is -1.23. The number of ether oxygens (including phenoxy) is 3. The van der Waals surface area contributed by atoms with E-state index in [0.29, 0.717) is 0 Å². The predicted octanol–water partition coefficient (Wildman–Crippen LogP) is 4.09. The molecule has 0 unspecified atom stereocenters. The van der Waals surface area contributed by atoms with Crippen LogP contribution in [0.4, 0.5) is 0 Å². The number of benzene rings is 1. The van der Waals surface area contributed by atoms with E-state index in [9.17, 15) is 4.79 Å². The summed E-state index contributed by atoms with van der Waals surface area (Å²) < 4.78 is 17.2. The van der Waals surface area contributed by atoms with Gasteiger partial charge in [0.15, 0.2) is 11.2 Å². The third kappa shape index (κ3) is 5.47. The van der Waals surface area contributed by atoms with E-state index in [1.165, 1.54) is 5.56 Å². The molecule has 1 saturated heterocycles. The van der Waals surface area contributed by atoms with Gasteiger partial charge in [-0.1, -0.05) is 30.3 Å². The maximum absolute atomic E-state index is 12.3. The van der Waals surface area contributed by atoms with Crippen LogP contribution in [0.25, 0.3) is 0 Å². The standard InChI is InChI=1S/C19H27ClO4/c1-18(2,3)24-17(21)15(20)16-14(22-19(4,5)23-16)12-11-13-9-7-6-8-10-13/h6-10,14-16H,11-12H2,1-5H3/t14-,15+,16-/m1/s1. The molecule has 1 fully saturated rings. The first-order valence-electron chi connectivity index (χ1n) is 8.34. The number of alkyl halides is 1. The highest BCUT2D eigenvalue weighted by Gasteiger charge is 2.47. The minimum atomic E-state index is -0.897. The molecule has 2 rings (SSSR count). The van der Waals surface area contributed by atoms with Crippen molar-refractivity contribution in [1.82, 2.24) is 0 Å². The number of aryl methyl sites for hydroxylation is 1. The largest absolute Gasteiger partial charge is 0.459 e. The van der Waals surface area contributed by atoms with Crippen LogP contribution in [0.2, 0.25) is 0 Å². The Hall–Kier alpha value is -1.10. The van der Waals surface area contributed by atoms with Gasteiger partial charge in [-0.25, -0.2) is 0 Å². The summed E-state index contributed by atoms with van der Waals surface area (Å²) in [7, 11) is 0. The maximum atomic E-state index is 12.3. The highest BCUT2D eigenvalue weighted by Crippen LogP contribution is 2.34. The van der Waals surface area contributed by atoms with Crippen LogP contribution in [0.15, 0.2) is 30.3 Å². The highest BCUT2D eigenvalue weighted by atomic mass is 35.5. The van der Waals surface area contributed by atoms with Crippen molar-refractivity contribution < 1.29 is 19.0 Å². The van der Waals surface area contributed by atoms with Gasteiger partial charge < -0.3 is 14.2 Å². The smallest absolute Gasteiger partial charge is 0.327 e. The summed E-state index contributed by atoms with van der Waals surface area (Å²) >= 11 is 6.37. The summed E-state index contributed by atoms with van der Waals surface area (Å²) in [6.07, 6.45) is 0.777. The molecular formula is C19H27ClO4. The van der Waals surface area contributed by atoms with Crippen molar-refractivity contribution in [3.8, 4) is 0 Å². The van der Waals surface area contributed by atoms with Gasteiger partial charge in [0.2, 0.25) is 0 Å². The lowest BCUT2D eigenvalue weighted by Gasteiger charge is -2.25. The van der Waals surface area contributed by atoms with E-state index < -0.39 is 28.8 Å². The Morgan fingerprint density at radius 3 is 2.46 bits per heavy atom. The normalized spacial score (nSPS) is 24.6. The molecule has 0 radical (unpaired) electrons. The van der Waals surface area contributed by atoms with Gasteiger partial charge in [0, 0.05) is 0 Å². The summed E-state index contributed by atoms with van der Waals surface area (Å²) in [6, 6.07) is 10.1. The van der Waals surface area contributed by atoms with Crippen molar-refractivity contribution in [2.24, 2.45) is 0 Å². The molecule has 1 aromatic carbocycles. The zero-order valence-corrected chi connectivity index (χ0v) is 15.8. The Bertz CT molecular complexity index is 550. The fraction of sp³-hybridized carbons (Fsp3) is 0.632. The number of hydrogen-bond donors (Lipinski definition) is 0. The predicted molar refractivity (Wildman–Crippen MR) is 94.1 cm³/mol. The third-order valence-corrected chi connectivity index (χ3v) is 4.13. The number of rotatable bonds is 5. The van der Waals surface area contributed by atoms with Crippen molar-refractivity contribution in [2.75, 3.05) is 0 Å². The van der Waals surface area contributed by atoms with Gasteiger partial charge >= 0.3 is 5.97 Å². The molecule has 1 heterocycles. The second-order valence-electron chi connectivity index (χ2n) is 7.60. The van der Waals surface area contributed by atoms with Crippen molar-refractivity contribution >= 4 is 17.6 Å². The number of carbonyl (C=O) groups is 1. The molecule has 0 saturated carbocycles. The minimum absolute atomic E-state index is 0.254. The number of esters is 1. The molecule has 0 aliphatic carbocycles. The van der Waals surface area contributed by atoms with Crippen LogP contribution in [-0.4, -0.2) is 34.9 Å². The van der Waals surface area contributed by atoms with Crippen molar-refractivity contribution in [2.45, 2.75) is 76.4 Å². The number of hydrogen-bond acceptors (Lipinski definition) is 4. The highest BCUT2D eigenvalue weighted by molar-refractivity contribution is 6.30. The van der Waals surface area contributed by atoms with Gasteiger partial charge in [-0.05, 0) is 53.0 Å². The Balaban J connectivity index is 2.03. The van der Waals surface area contributed by atoms with E-state index in [1.807, 2.05) is 52.8 Å². The van der Waals surface area contributed by atoms with Gasteiger partial charge in [-0.3, -0.25) is 4.79 Å². The van der Waals surface area contributed by atoms with E-state index in [2.05, 4.69) is 12.1 Å². The topological polar surface area (TPSA) is 44.8 Å². The second kappa shape index (κ2) is 7.42. The van der Waals surface area contributed by atoms with Gasteiger partial charge in [0.05, 0.1) is 6.10 Å². The molecule has 5 heteroatoms. The van der Waals surface area contributed by atoms with Crippen LogP contribution < -0.4 is 0 Å². The lowest BCUT2D eigenvalue weighted by Crippen LogP contribution is -2.41. The van der Waals surface area contributed by atoms with Crippen molar-refractivity contribution in [1.29, 1.82) is 0 Å². The van der Waals surface area contributed by atoms with E-state index in [-0.39, 0.29) is 6.10 Å². The van der Waals surface area contributed by atoms with Crippen LogP contribution in [0, 0.1) is 0 Å². The molecule has 0 aromatic heterocycles. The van der Waals surface area contributed by atoms with Gasteiger partial charge in [-0.2, -0.15) is 0 Å². The third-order valence-electron chi connectivity index (χ3n) is 3.70. The summed E-state index contributed by atoms with van der Waals surface area (Å²) in [6.45, 7) is 9.12. The zero-order chi connectivity index (χ0) is 18.0. The van der Waals surface area contributed by atoms with E-state index in [1.54, 1.807) is 0 Å². The summed E-state index contributed by atoms with van der Waals surface area (Å²) in [5.41, 5.74) is 0.631. The van der Waals surface area contributed by atoms with Gasteiger partial charge in [0.25, 0.3) is 0 Å². The van der Waals surface area contributed by atoms with E-state index in [0.717, 1.165) is 12.8 Å². The van der Waals surface area contributed by atoms with Gasteiger partial charge in [-0.15, -0.1) is 11.6 Å². The lowest BCUT2D eigenvalue weighted by molar-refractivity contribution is -0.162. The van der Waals surface area contributed by atoms with Gasteiger partial charge in [0.1, 0.15) is 11.7 Å². The number of halogens is 1. The van der Waals surface area contributed by atoms with E-state index in [4.69, 9.17) is 25.8 Å².